The van der Waals surface area contributed by atoms with Crippen LogP contribution in [0.1, 0.15) is 20.3 Å². The number of hydrogen-bond acceptors (Lipinski definition) is 3. The Labute approximate surface area is 91.9 Å². The van der Waals surface area contributed by atoms with Crippen molar-refractivity contribution in [3.05, 3.63) is 0 Å². The van der Waals surface area contributed by atoms with Crippen molar-refractivity contribution in [2.24, 2.45) is 5.92 Å². The SMILES string of the molecule is CC(CC(=O)O)C(C)N1CCN(C)CC1. The second-order valence-electron chi connectivity index (χ2n) is 4.65. The van der Waals surface area contributed by atoms with Gasteiger partial charge in [0.05, 0.1) is 0 Å². The largest absolute Gasteiger partial charge is 0.481 e. The molecule has 0 aliphatic carbocycles. The highest BCUT2D eigenvalue weighted by Crippen LogP contribution is 2.16. The van der Waals surface area contributed by atoms with E-state index in [0.717, 1.165) is 26.2 Å². The fraction of sp³-hybridized carbons (Fsp3) is 0.909. The predicted molar refractivity (Wildman–Crippen MR) is 59.9 cm³/mol. The number of carboxylic acid groups (broad SMARTS) is 1. The third kappa shape index (κ3) is 3.80. The molecule has 0 spiro atoms. The molecule has 1 saturated heterocycles. The molecular formula is C11H22N2O2. The van der Waals surface area contributed by atoms with Gasteiger partial charge in [0.1, 0.15) is 0 Å². The summed E-state index contributed by atoms with van der Waals surface area (Å²) in [5.74, 6) is -0.464. The van der Waals surface area contributed by atoms with Crippen LogP contribution in [0.3, 0.4) is 0 Å². The molecule has 1 rings (SSSR count). The zero-order valence-electron chi connectivity index (χ0n) is 9.94. The lowest BCUT2D eigenvalue weighted by atomic mass is 9.98. The van der Waals surface area contributed by atoms with Crippen LogP contribution >= 0.6 is 0 Å². The molecule has 1 aliphatic heterocycles. The molecule has 4 nitrogen and oxygen atoms in total. The van der Waals surface area contributed by atoms with Gasteiger partial charge in [-0.15, -0.1) is 0 Å². The van der Waals surface area contributed by atoms with Crippen molar-refractivity contribution in [3.8, 4) is 0 Å². The summed E-state index contributed by atoms with van der Waals surface area (Å²) < 4.78 is 0. The normalized spacial score (nSPS) is 23.7. The molecule has 1 aliphatic rings. The van der Waals surface area contributed by atoms with Crippen LogP contribution in [0.2, 0.25) is 0 Å². The molecule has 1 fully saturated rings. The first-order valence-corrected chi connectivity index (χ1v) is 5.65. The summed E-state index contributed by atoms with van der Waals surface area (Å²) in [5.41, 5.74) is 0. The molecule has 88 valence electrons. The topological polar surface area (TPSA) is 43.8 Å². The minimum atomic E-state index is -0.691. The van der Waals surface area contributed by atoms with Crippen molar-refractivity contribution in [2.45, 2.75) is 26.3 Å². The smallest absolute Gasteiger partial charge is 0.303 e. The van der Waals surface area contributed by atoms with Gasteiger partial charge in [0, 0.05) is 38.6 Å². The van der Waals surface area contributed by atoms with Crippen molar-refractivity contribution in [2.75, 3.05) is 33.2 Å². The summed E-state index contributed by atoms with van der Waals surface area (Å²) in [6.45, 7) is 8.45. The Morgan fingerprint density at radius 1 is 1.27 bits per heavy atom. The van der Waals surface area contributed by atoms with Gasteiger partial charge in [0.15, 0.2) is 0 Å². The number of nitrogens with zero attached hydrogens (tertiary/aromatic N) is 2. The van der Waals surface area contributed by atoms with E-state index in [0.29, 0.717) is 6.04 Å². The van der Waals surface area contributed by atoms with Gasteiger partial charge in [-0.1, -0.05) is 6.92 Å². The van der Waals surface area contributed by atoms with E-state index < -0.39 is 5.97 Å². The van der Waals surface area contributed by atoms with Gasteiger partial charge in [-0.05, 0) is 19.9 Å². The summed E-state index contributed by atoms with van der Waals surface area (Å²) in [5, 5.41) is 8.75. The van der Waals surface area contributed by atoms with E-state index in [4.69, 9.17) is 5.11 Å². The molecular weight excluding hydrogens is 192 g/mol. The third-order valence-electron chi connectivity index (χ3n) is 3.43. The molecule has 4 heteroatoms. The van der Waals surface area contributed by atoms with E-state index in [-0.39, 0.29) is 12.3 Å². The summed E-state index contributed by atoms with van der Waals surface area (Å²) in [6.07, 6.45) is 0.271. The van der Waals surface area contributed by atoms with Crippen LogP contribution in [0.4, 0.5) is 0 Å². The summed E-state index contributed by atoms with van der Waals surface area (Å²) in [4.78, 5) is 15.3. The Morgan fingerprint density at radius 3 is 2.27 bits per heavy atom. The lowest BCUT2D eigenvalue weighted by Crippen LogP contribution is -2.50. The average molecular weight is 214 g/mol. The number of hydrogen-bond donors (Lipinski definition) is 1. The van der Waals surface area contributed by atoms with Gasteiger partial charge >= 0.3 is 5.97 Å². The van der Waals surface area contributed by atoms with E-state index in [1.54, 1.807) is 0 Å². The van der Waals surface area contributed by atoms with Crippen molar-refractivity contribution in [1.82, 2.24) is 9.80 Å². The van der Waals surface area contributed by atoms with E-state index in [1.165, 1.54) is 0 Å². The molecule has 1 N–H and O–H groups in total. The van der Waals surface area contributed by atoms with Crippen LogP contribution in [0.5, 0.6) is 0 Å². The van der Waals surface area contributed by atoms with Crippen LogP contribution in [0.15, 0.2) is 0 Å². The molecule has 2 atom stereocenters. The zero-order valence-corrected chi connectivity index (χ0v) is 9.94. The number of carboxylic acids is 1. The van der Waals surface area contributed by atoms with Gasteiger partial charge < -0.3 is 10.0 Å². The average Bonchev–Trinajstić information content (AvgIpc) is 2.17. The summed E-state index contributed by atoms with van der Waals surface area (Å²) in [6, 6.07) is 0.370. The number of piperazine rings is 1. The quantitative estimate of drug-likeness (QED) is 0.749. The first-order chi connectivity index (χ1) is 7.00. The molecule has 0 aromatic carbocycles. The summed E-state index contributed by atoms with van der Waals surface area (Å²) in [7, 11) is 2.13. The minimum Gasteiger partial charge on any atom is -0.481 e. The van der Waals surface area contributed by atoms with Crippen LogP contribution in [-0.4, -0.2) is 60.1 Å². The standard InChI is InChI=1S/C11H22N2O2/c1-9(8-11(14)15)10(2)13-6-4-12(3)5-7-13/h9-10H,4-8H2,1-3H3,(H,14,15). The maximum absolute atomic E-state index is 10.6. The third-order valence-corrected chi connectivity index (χ3v) is 3.43. The first kappa shape index (κ1) is 12.5. The van der Waals surface area contributed by atoms with Crippen LogP contribution in [0.25, 0.3) is 0 Å². The number of likely N-dealkylation sites (N-methyl/N-ethyl adjacent to an activating group) is 1. The molecule has 0 aromatic rings. The molecule has 15 heavy (non-hydrogen) atoms. The van der Waals surface area contributed by atoms with Gasteiger partial charge in [0.25, 0.3) is 0 Å². The second kappa shape index (κ2) is 5.47. The molecule has 0 bridgehead atoms. The highest BCUT2D eigenvalue weighted by molar-refractivity contribution is 5.67. The van der Waals surface area contributed by atoms with Crippen LogP contribution in [-0.2, 0) is 4.79 Å². The van der Waals surface area contributed by atoms with Gasteiger partial charge in [-0.3, -0.25) is 9.69 Å². The minimum absolute atomic E-state index is 0.228. The zero-order chi connectivity index (χ0) is 11.4. The Bertz CT molecular complexity index is 213. The van der Waals surface area contributed by atoms with Crippen LogP contribution in [0, 0.1) is 5.92 Å². The highest BCUT2D eigenvalue weighted by Gasteiger charge is 2.24. The molecule has 0 aromatic heterocycles. The molecule has 0 amide bonds. The Balaban J connectivity index is 2.38. The van der Waals surface area contributed by atoms with E-state index in [1.807, 2.05) is 6.92 Å². The van der Waals surface area contributed by atoms with Crippen molar-refractivity contribution >= 4 is 5.97 Å². The van der Waals surface area contributed by atoms with E-state index in [9.17, 15) is 4.79 Å². The Hall–Kier alpha value is -0.610. The van der Waals surface area contributed by atoms with Gasteiger partial charge in [-0.2, -0.15) is 0 Å². The van der Waals surface area contributed by atoms with Crippen molar-refractivity contribution in [3.63, 3.8) is 0 Å². The van der Waals surface area contributed by atoms with Crippen molar-refractivity contribution in [1.29, 1.82) is 0 Å². The lowest BCUT2D eigenvalue weighted by Gasteiger charge is -2.38. The highest BCUT2D eigenvalue weighted by atomic mass is 16.4. The van der Waals surface area contributed by atoms with E-state index >= 15 is 0 Å². The molecule has 0 radical (unpaired) electrons. The monoisotopic (exact) mass is 214 g/mol. The first-order valence-electron chi connectivity index (χ1n) is 5.65. The maximum atomic E-state index is 10.6. The maximum Gasteiger partial charge on any atom is 0.303 e. The van der Waals surface area contributed by atoms with Crippen molar-refractivity contribution < 1.29 is 9.90 Å². The fourth-order valence-electron chi connectivity index (χ4n) is 2.04. The second-order valence-corrected chi connectivity index (χ2v) is 4.65. The fourth-order valence-corrected chi connectivity index (χ4v) is 2.04. The van der Waals surface area contributed by atoms with Gasteiger partial charge in [0.2, 0.25) is 0 Å². The Morgan fingerprint density at radius 2 is 1.80 bits per heavy atom. The Kier molecular flexibility index (Phi) is 4.54. The molecule has 0 saturated carbocycles. The van der Waals surface area contributed by atoms with Gasteiger partial charge in [-0.25, -0.2) is 0 Å². The summed E-state index contributed by atoms with van der Waals surface area (Å²) >= 11 is 0. The molecule has 1 heterocycles. The van der Waals surface area contributed by atoms with E-state index in [2.05, 4.69) is 23.8 Å². The number of aliphatic carboxylic acids is 1. The predicted octanol–water partition coefficient (Wildman–Crippen LogP) is 0.733. The number of rotatable bonds is 4. The molecule has 2 unspecified atom stereocenters. The number of carbonyl (C=O) groups is 1. The van der Waals surface area contributed by atoms with Crippen LogP contribution < -0.4 is 0 Å². The lowest BCUT2D eigenvalue weighted by molar-refractivity contribution is -0.138.